The summed E-state index contributed by atoms with van der Waals surface area (Å²) in [5, 5.41) is 0. The fourth-order valence-corrected chi connectivity index (χ4v) is 5.72. The highest BCUT2D eigenvalue weighted by Crippen LogP contribution is 2.38. The molecule has 0 spiro atoms. The zero-order chi connectivity index (χ0) is 22.2. The van der Waals surface area contributed by atoms with E-state index in [9.17, 15) is 0 Å². The summed E-state index contributed by atoms with van der Waals surface area (Å²) in [5.41, 5.74) is 5.69. The monoisotopic (exact) mass is 426 g/mol. The van der Waals surface area contributed by atoms with Crippen LogP contribution in [0, 0.1) is 17.8 Å². The van der Waals surface area contributed by atoms with Gasteiger partial charge < -0.3 is 0 Å². The van der Waals surface area contributed by atoms with Crippen molar-refractivity contribution in [1.29, 1.82) is 0 Å². The Hall–Kier alpha value is -2.08. The fourth-order valence-electron chi connectivity index (χ4n) is 5.72. The number of unbranched alkanes of at least 4 members (excludes halogenated alkanes) is 1. The molecule has 0 aromatic heterocycles. The van der Waals surface area contributed by atoms with E-state index in [1.165, 1.54) is 87.3 Å². The highest BCUT2D eigenvalue weighted by Gasteiger charge is 2.22. The van der Waals surface area contributed by atoms with Crippen LogP contribution in [0.5, 0.6) is 0 Å². The van der Waals surface area contributed by atoms with Gasteiger partial charge in [-0.3, -0.25) is 0 Å². The maximum atomic E-state index is 3.97. The van der Waals surface area contributed by atoms with Gasteiger partial charge in [-0.1, -0.05) is 80.1 Å². The SMILES string of the molecule is C=C[C@H]1CC[C@H](/C=C/[C@H]2CC[C@H](c3ccc(-c4ccc(CCCC)cc4)cc3)CC2)CC1. The third-order valence-corrected chi connectivity index (χ3v) is 8.07. The minimum Gasteiger partial charge on any atom is -0.103 e. The molecule has 0 heteroatoms. The van der Waals surface area contributed by atoms with E-state index in [0.29, 0.717) is 0 Å². The molecule has 170 valence electrons. The van der Waals surface area contributed by atoms with Gasteiger partial charge in [-0.15, -0.1) is 6.58 Å². The molecule has 0 saturated heterocycles. The van der Waals surface area contributed by atoms with Crippen molar-refractivity contribution in [3.05, 3.63) is 84.5 Å². The van der Waals surface area contributed by atoms with Gasteiger partial charge in [0.05, 0.1) is 0 Å². The predicted molar refractivity (Wildman–Crippen MR) is 140 cm³/mol. The average Bonchev–Trinajstić information content (AvgIpc) is 2.87. The first-order chi connectivity index (χ1) is 15.7. The minimum atomic E-state index is 0.744. The van der Waals surface area contributed by atoms with E-state index in [1.54, 1.807) is 5.56 Å². The Balaban J connectivity index is 1.26. The molecule has 2 aromatic rings. The molecule has 0 aliphatic heterocycles. The van der Waals surface area contributed by atoms with E-state index < -0.39 is 0 Å². The van der Waals surface area contributed by atoms with Gasteiger partial charge >= 0.3 is 0 Å². The lowest BCUT2D eigenvalue weighted by Crippen LogP contribution is -2.13. The molecule has 0 atom stereocenters. The number of rotatable bonds is 8. The fraction of sp³-hybridized carbons (Fsp3) is 0.500. The van der Waals surface area contributed by atoms with Crippen LogP contribution in [0.1, 0.15) is 88.2 Å². The molecule has 2 aliphatic carbocycles. The van der Waals surface area contributed by atoms with Gasteiger partial charge in [-0.05, 0) is 110 Å². The summed E-state index contributed by atoms with van der Waals surface area (Å²) >= 11 is 0. The summed E-state index contributed by atoms with van der Waals surface area (Å²) in [7, 11) is 0. The van der Waals surface area contributed by atoms with Crippen LogP contribution in [-0.4, -0.2) is 0 Å². The average molecular weight is 427 g/mol. The number of aryl methyl sites for hydroxylation is 1. The molecule has 0 unspecified atom stereocenters. The molecule has 0 radical (unpaired) electrons. The summed E-state index contributed by atoms with van der Waals surface area (Å²) in [4.78, 5) is 0. The number of hydrogen-bond donors (Lipinski definition) is 0. The summed E-state index contributed by atoms with van der Waals surface area (Å²) in [6, 6.07) is 18.6. The van der Waals surface area contributed by atoms with Gasteiger partial charge in [0.1, 0.15) is 0 Å². The molecule has 0 amide bonds. The summed E-state index contributed by atoms with van der Waals surface area (Å²) in [6.45, 7) is 6.23. The van der Waals surface area contributed by atoms with Gasteiger partial charge in [0.25, 0.3) is 0 Å². The second-order valence-electron chi connectivity index (χ2n) is 10.3. The van der Waals surface area contributed by atoms with Crippen molar-refractivity contribution in [2.45, 2.75) is 83.5 Å². The maximum Gasteiger partial charge on any atom is -0.0162 e. The van der Waals surface area contributed by atoms with Gasteiger partial charge in [0, 0.05) is 0 Å². The largest absolute Gasteiger partial charge is 0.103 e. The highest BCUT2D eigenvalue weighted by atomic mass is 14.3. The maximum absolute atomic E-state index is 3.97. The lowest BCUT2D eigenvalue weighted by atomic mass is 9.77. The van der Waals surface area contributed by atoms with Crippen molar-refractivity contribution in [2.24, 2.45) is 17.8 Å². The van der Waals surface area contributed by atoms with E-state index in [4.69, 9.17) is 0 Å². The molecule has 0 bridgehead atoms. The van der Waals surface area contributed by atoms with Crippen LogP contribution in [0.15, 0.2) is 73.3 Å². The molecule has 2 aliphatic rings. The third kappa shape index (κ3) is 6.25. The van der Waals surface area contributed by atoms with Crippen molar-refractivity contribution < 1.29 is 0 Å². The summed E-state index contributed by atoms with van der Waals surface area (Å²) in [5.74, 6) is 3.13. The Bertz CT molecular complexity index is 838. The standard InChI is InChI=1S/C32H42/c1-3-5-6-26-13-17-29(18-14-26)31-21-23-32(24-22-31)30-19-15-28(16-20-30)12-11-27-9-7-25(4-2)8-10-27/h4,11-14,17-18,21-25,27-28,30H,2-3,5-10,15-16,19-20H2,1H3/b12-11+/t25-,27-,28-,30-. The molecule has 2 saturated carbocycles. The second kappa shape index (κ2) is 11.7. The normalized spacial score (nSPS) is 26.3. The Labute approximate surface area is 196 Å². The summed E-state index contributed by atoms with van der Waals surface area (Å²) in [6.07, 6.45) is 21.8. The topological polar surface area (TPSA) is 0 Å². The molecular formula is C32H42. The Morgan fingerprint density at radius 3 is 1.72 bits per heavy atom. The van der Waals surface area contributed by atoms with Gasteiger partial charge in [-0.25, -0.2) is 0 Å². The van der Waals surface area contributed by atoms with Crippen molar-refractivity contribution in [1.82, 2.24) is 0 Å². The lowest BCUT2D eigenvalue weighted by Gasteiger charge is -2.28. The van der Waals surface area contributed by atoms with Crippen LogP contribution in [0.2, 0.25) is 0 Å². The van der Waals surface area contributed by atoms with Crippen LogP contribution >= 0.6 is 0 Å². The lowest BCUT2D eigenvalue weighted by molar-refractivity contribution is 0.349. The zero-order valence-electron chi connectivity index (χ0n) is 20.1. The minimum absolute atomic E-state index is 0.744. The predicted octanol–water partition coefficient (Wildman–Crippen LogP) is 9.52. The quantitative estimate of drug-likeness (QED) is 0.369. The van der Waals surface area contributed by atoms with Crippen LogP contribution in [-0.2, 0) is 6.42 Å². The first-order valence-electron chi connectivity index (χ1n) is 13.2. The van der Waals surface area contributed by atoms with E-state index in [1.807, 2.05) is 0 Å². The molecule has 0 heterocycles. The van der Waals surface area contributed by atoms with Crippen LogP contribution in [0.4, 0.5) is 0 Å². The van der Waals surface area contributed by atoms with Gasteiger partial charge in [-0.2, -0.15) is 0 Å². The smallest absolute Gasteiger partial charge is 0.0162 e. The van der Waals surface area contributed by atoms with E-state index in [-0.39, 0.29) is 0 Å². The molecule has 2 fully saturated rings. The third-order valence-electron chi connectivity index (χ3n) is 8.07. The van der Waals surface area contributed by atoms with E-state index >= 15 is 0 Å². The van der Waals surface area contributed by atoms with Gasteiger partial charge in [0.2, 0.25) is 0 Å². The Morgan fingerprint density at radius 2 is 1.19 bits per heavy atom. The van der Waals surface area contributed by atoms with Crippen LogP contribution in [0.25, 0.3) is 11.1 Å². The molecule has 0 nitrogen and oxygen atoms in total. The molecule has 0 N–H and O–H groups in total. The second-order valence-corrected chi connectivity index (χ2v) is 10.3. The van der Waals surface area contributed by atoms with Crippen LogP contribution in [0.3, 0.4) is 0 Å². The number of allylic oxidation sites excluding steroid dienone is 3. The first kappa shape index (κ1) is 23.1. The summed E-state index contributed by atoms with van der Waals surface area (Å²) < 4.78 is 0. The number of hydrogen-bond acceptors (Lipinski definition) is 0. The van der Waals surface area contributed by atoms with E-state index in [0.717, 1.165) is 23.7 Å². The molecular weight excluding hydrogens is 384 g/mol. The number of benzene rings is 2. The van der Waals surface area contributed by atoms with Crippen molar-refractivity contribution in [2.75, 3.05) is 0 Å². The van der Waals surface area contributed by atoms with Crippen LogP contribution < -0.4 is 0 Å². The zero-order valence-corrected chi connectivity index (χ0v) is 20.1. The Morgan fingerprint density at radius 1 is 0.688 bits per heavy atom. The van der Waals surface area contributed by atoms with Gasteiger partial charge in [0.15, 0.2) is 0 Å². The Kier molecular flexibility index (Phi) is 8.43. The molecule has 2 aromatic carbocycles. The molecule has 4 rings (SSSR count). The highest BCUT2D eigenvalue weighted by molar-refractivity contribution is 5.64. The van der Waals surface area contributed by atoms with Crippen molar-refractivity contribution in [3.63, 3.8) is 0 Å². The van der Waals surface area contributed by atoms with Crippen molar-refractivity contribution >= 4 is 0 Å². The first-order valence-corrected chi connectivity index (χ1v) is 13.2. The van der Waals surface area contributed by atoms with E-state index in [2.05, 4.69) is 80.3 Å². The van der Waals surface area contributed by atoms with Crippen molar-refractivity contribution in [3.8, 4) is 11.1 Å². The molecule has 32 heavy (non-hydrogen) atoms.